The van der Waals surface area contributed by atoms with Crippen LogP contribution >= 0.6 is 35.0 Å². The van der Waals surface area contributed by atoms with Crippen molar-refractivity contribution in [3.63, 3.8) is 0 Å². The number of aromatic nitrogens is 1. The van der Waals surface area contributed by atoms with Crippen molar-refractivity contribution in [2.24, 2.45) is 5.73 Å². The van der Waals surface area contributed by atoms with Crippen LogP contribution in [0.4, 0.5) is 0 Å². The van der Waals surface area contributed by atoms with Gasteiger partial charge in [0.15, 0.2) is 0 Å². The molecule has 2 heterocycles. The van der Waals surface area contributed by atoms with Crippen molar-refractivity contribution in [1.29, 1.82) is 0 Å². The summed E-state index contributed by atoms with van der Waals surface area (Å²) in [6, 6.07) is 0. The van der Waals surface area contributed by atoms with Gasteiger partial charge < -0.3 is 10.6 Å². The van der Waals surface area contributed by atoms with E-state index in [2.05, 4.69) is 28.1 Å². The molecule has 0 atom stereocenters. The van der Waals surface area contributed by atoms with E-state index in [1.54, 1.807) is 39.9 Å². The fourth-order valence-corrected chi connectivity index (χ4v) is 5.31. The second-order valence-corrected chi connectivity index (χ2v) is 10.3. The van der Waals surface area contributed by atoms with E-state index in [1.807, 2.05) is 30.9 Å². The highest BCUT2D eigenvalue weighted by Crippen LogP contribution is 2.37. The van der Waals surface area contributed by atoms with Crippen molar-refractivity contribution in [2.75, 3.05) is 19.3 Å². The lowest BCUT2D eigenvalue weighted by atomic mass is 10.1. The highest BCUT2D eigenvalue weighted by molar-refractivity contribution is 8.02. The molecule has 0 saturated heterocycles. The molecular formula is C20H29N5OS3. The molecule has 1 aromatic heterocycles. The lowest BCUT2D eigenvalue weighted by Gasteiger charge is -2.40. The summed E-state index contributed by atoms with van der Waals surface area (Å²) in [5.74, 6) is 0.677. The number of thioether (sulfide) groups is 1. The first-order valence-electron chi connectivity index (χ1n) is 9.66. The first-order chi connectivity index (χ1) is 13.9. The lowest BCUT2D eigenvalue weighted by molar-refractivity contribution is -0.127. The molecule has 1 aliphatic heterocycles. The van der Waals surface area contributed by atoms with Crippen LogP contribution in [-0.2, 0) is 11.3 Å². The summed E-state index contributed by atoms with van der Waals surface area (Å²) in [6.45, 7) is 10.2. The van der Waals surface area contributed by atoms with Crippen LogP contribution in [0.2, 0.25) is 0 Å². The van der Waals surface area contributed by atoms with Crippen molar-refractivity contribution in [3.05, 3.63) is 50.6 Å². The minimum Gasteiger partial charge on any atom is -0.330 e. The highest BCUT2D eigenvalue weighted by atomic mass is 32.2. The largest absolute Gasteiger partial charge is 0.330 e. The number of amides is 1. The Hall–Kier alpha value is -1.26. The Kier molecular flexibility index (Phi) is 7.50. The number of nitrogens with zero attached hydrogens (tertiary/aromatic N) is 3. The normalized spacial score (nSPS) is 19.0. The molecule has 6 nitrogen and oxygen atoms in total. The van der Waals surface area contributed by atoms with E-state index in [9.17, 15) is 4.79 Å². The maximum absolute atomic E-state index is 13.4. The Morgan fingerprint density at radius 1 is 1.45 bits per heavy atom. The lowest BCUT2D eigenvalue weighted by Crippen LogP contribution is -2.44. The molecule has 3 rings (SSSR count). The van der Waals surface area contributed by atoms with Gasteiger partial charge in [-0.05, 0) is 57.4 Å². The van der Waals surface area contributed by atoms with Gasteiger partial charge in [0.05, 0.1) is 22.2 Å². The van der Waals surface area contributed by atoms with Gasteiger partial charge in [0.1, 0.15) is 5.82 Å². The number of nitrogens with one attached hydrogen (secondary N) is 1. The molecular weight excluding hydrogens is 422 g/mol. The second kappa shape index (κ2) is 9.70. The monoisotopic (exact) mass is 451 g/mol. The van der Waals surface area contributed by atoms with Crippen LogP contribution in [0.3, 0.4) is 0 Å². The zero-order valence-electron chi connectivity index (χ0n) is 17.2. The molecule has 9 heteroatoms. The van der Waals surface area contributed by atoms with Gasteiger partial charge >= 0.3 is 0 Å². The van der Waals surface area contributed by atoms with E-state index < -0.39 is 0 Å². The highest BCUT2D eigenvalue weighted by Gasteiger charge is 2.37. The van der Waals surface area contributed by atoms with Crippen LogP contribution in [0.15, 0.2) is 40.7 Å². The van der Waals surface area contributed by atoms with Crippen molar-refractivity contribution in [3.8, 4) is 0 Å². The SMILES string of the molecule is C=C1N(Cc2cnc(C)s2)C(=O)C(/C=C/SNC2(C)CC2)=C(SC)N1CCCN. The molecule has 158 valence electrons. The Balaban J connectivity index is 1.85. The third-order valence-electron chi connectivity index (χ3n) is 4.94. The van der Waals surface area contributed by atoms with Crippen LogP contribution < -0.4 is 10.5 Å². The molecule has 0 spiro atoms. The van der Waals surface area contributed by atoms with Gasteiger partial charge in [0.25, 0.3) is 5.91 Å². The summed E-state index contributed by atoms with van der Waals surface area (Å²) in [6.07, 6.45) is 8.98. The van der Waals surface area contributed by atoms with Crippen molar-refractivity contribution in [2.45, 2.75) is 45.2 Å². The van der Waals surface area contributed by atoms with E-state index in [-0.39, 0.29) is 11.4 Å². The fraction of sp³-hybridized carbons (Fsp3) is 0.500. The van der Waals surface area contributed by atoms with E-state index in [0.29, 0.717) is 24.5 Å². The number of hydrogen-bond acceptors (Lipinski definition) is 8. The molecule has 0 aromatic carbocycles. The maximum Gasteiger partial charge on any atom is 0.262 e. The predicted octanol–water partition coefficient (Wildman–Crippen LogP) is 3.79. The summed E-state index contributed by atoms with van der Waals surface area (Å²) in [5.41, 5.74) is 6.68. The Morgan fingerprint density at radius 2 is 2.21 bits per heavy atom. The van der Waals surface area contributed by atoms with Crippen LogP contribution in [0.5, 0.6) is 0 Å². The number of carbonyl (C=O) groups is 1. The summed E-state index contributed by atoms with van der Waals surface area (Å²) in [4.78, 5) is 22.6. The Bertz CT molecular complexity index is 828. The van der Waals surface area contributed by atoms with Crippen LogP contribution in [0.1, 0.15) is 36.1 Å². The number of hydrogen-bond donors (Lipinski definition) is 2. The quantitative estimate of drug-likeness (QED) is 0.524. The smallest absolute Gasteiger partial charge is 0.262 e. The summed E-state index contributed by atoms with van der Waals surface area (Å²) < 4.78 is 3.45. The average Bonchev–Trinajstić information content (AvgIpc) is 3.29. The minimum atomic E-state index is -0.0242. The van der Waals surface area contributed by atoms with Gasteiger partial charge in [-0.2, -0.15) is 0 Å². The molecule has 1 saturated carbocycles. The second-order valence-electron chi connectivity index (χ2n) is 7.45. The summed E-state index contributed by atoms with van der Waals surface area (Å²) in [7, 11) is 0. The van der Waals surface area contributed by atoms with E-state index in [0.717, 1.165) is 27.9 Å². The predicted molar refractivity (Wildman–Crippen MR) is 125 cm³/mol. The molecule has 1 amide bonds. The Labute approximate surface area is 185 Å². The van der Waals surface area contributed by atoms with Crippen LogP contribution in [-0.4, -0.2) is 45.6 Å². The summed E-state index contributed by atoms with van der Waals surface area (Å²) >= 11 is 4.73. The zero-order chi connectivity index (χ0) is 21.0. The third-order valence-corrected chi connectivity index (χ3v) is 7.55. The zero-order valence-corrected chi connectivity index (χ0v) is 19.7. The molecule has 0 unspecified atom stereocenters. The molecule has 1 aromatic rings. The third kappa shape index (κ3) is 5.46. The van der Waals surface area contributed by atoms with Gasteiger partial charge in [-0.25, -0.2) is 4.98 Å². The molecule has 0 bridgehead atoms. The molecule has 3 N–H and O–H groups in total. The number of carbonyl (C=O) groups excluding carboxylic acids is 1. The van der Waals surface area contributed by atoms with Crippen molar-refractivity contribution < 1.29 is 4.79 Å². The van der Waals surface area contributed by atoms with Crippen molar-refractivity contribution >= 4 is 41.0 Å². The van der Waals surface area contributed by atoms with Gasteiger partial charge in [0, 0.05) is 23.2 Å². The molecule has 29 heavy (non-hydrogen) atoms. The summed E-state index contributed by atoms with van der Waals surface area (Å²) in [5, 5.41) is 3.89. The van der Waals surface area contributed by atoms with E-state index in [4.69, 9.17) is 5.73 Å². The number of thiazole rings is 1. The van der Waals surface area contributed by atoms with Gasteiger partial charge in [0.2, 0.25) is 0 Å². The van der Waals surface area contributed by atoms with Gasteiger partial charge in [-0.1, -0.05) is 18.5 Å². The Morgan fingerprint density at radius 3 is 2.79 bits per heavy atom. The standard InChI is InChI=1S/C20H29N5OS3/c1-14-22-12-16(29-14)13-25-15(2)24(10-5-9-21)19(27-4)17(18(25)26)6-11-28-23-20(3)7-8-20/h6,11-12,23H,2,5,7-10,13,21H2,1,3-4H3/b11-6+. The first-order valence-corrected chi connectivity index (χ1v) is 12.6. The number of rotatable bonds is 10. The minimum absolute atomic E-state index is 0.0242. The fourth-order valence-electron chi connectivity index (χ4n) is 2.97. The van der Waals surface area contributed by atoms with Crippen LogP contribution in [0.25, 0.3) is 0 Å². The van der Waals surface area contributed by atoms with E-state index >= 15 is 0 Å². The molecule has 0 radical (unpaired) electrons. The van der Waals surface area contributed by atoms with Gasteiger partial charge in [-0.15, -0.1) is 23.1 Å². The van der Waals surface area contributed by atoms with E-state index in [1.165, 1.54) is 12.8 Å². The molecule has 1 fully saturated rings. The topological polar surface area (TPSA) is 74.5 Å². The molecule has 2 aliphatic rings. The van der Waals surface area contributed by atoms with Crippen molar-refractivity contribution in [1.82, 2.24) is 19.5 Å². The number of nitrogens with two attached hydrogens (primary N) is 1. The maximum atomic E-state index is 13.4. The average molecular weight is 452 g/mol. The number of aryl methyl sites for hydroxylation is 1. The molecule has 1 aliphatic carbocycles. The van der Waals surface area contributed by atoms with Crippen LogP contribution in [0, 0.1) is 6.92 Å². The van der Waals surface area contributed by atoms with Gasteiger partial charge in [-0.3, -0.25) is 14.4 Å². The first kappa shape index (κ1) is 22.4.